The maximum absolute atomic E-state index is 13.0. The highest BCUT2D eigenvalue weighted by Crippen LogP contribution is 2.28. The lowest BCUT2D eigenvalue weighted by Gasteiger charge is -2.21. The average molecular weight is 303 g/mol. The van der Waals surface area contributed by atoms with E-state index in [0.717, 1.165) is 24.1 Å². The van der Waals surface area contributed by atoms with Gasteiger partial charge in [0.1, 0.15) is 5.82 Å². The van der Waals surface area contributed by atoms with Crippen LogP contribution in [0.3, 0.4) is 0 Å². The lowest BCUT2D eigenvalue weighted by Crippen LogP contribution is -2.34. The molecule has 5 nitrogen and oxygen atoms in total. The average Bonchev–Trinajstić information content (AvgIpc) is 3.25. The summed E-state index contributed by atoms with van der Waals surface area (Å²) < 4.78 is 17.9. The van der Waals surface area contributed by atoms with Crippen molar-refractivity contribution in [1.82, 2.24) is 10.1 Å². The van der Waals surface area contributed by atoms with Gasteiger partial charge in [0.15, 0.2) is 0 Å². The fraction of sp³-hybridized carbons (Fsp3) is 0.375. The molecule has 1 aromatic heterocycles. The molecule has 0 atom stereocenters. The predicted molar refractivity (Wildman–Crippen MR) is 79.7 cm³/mol. The molecule has 0 unspecified atom stereocenters. The molecule has 116 valence electrons. The van der Waals surface area contributed by atoms with Crippen molar-refractivity contribution in [2.45, 2.75) is 32.4 Å². The van der Waals surface area contributed by atoms with Crippen LogP contribution >= 0.6 is 0 Å². The number of amides is 1. The van der Waals surface area contributed by atoms with Crippen LogP contribution in [0.25, 0.3) is 0 Å². The summed E-state index contributed by atoms with van der Waals surface area (Å²) in [6.45, 7) is 2.71. The molecule has 22 heavy (non-hydrogen) atoms. The molecule has 1 N–H and O–H groups in total. The summed E-state index contributed by atoms with van der Waals surface area (Å²) in [5, 5.41) is 6.43. The molecule has 3 rings (SSSR count). The Morgan fingerprint density at radius 1 is 1.41 bits per heavy atom. The Morgan fingerprint density at radius 2 is 2.14 bits per heavy atom. The zero-order valence-corrected chi connectivity index (χ0v) is 12.4. The number of hydrogen-bond acceptors (Lipinski definition) is 4. The number of benzene rings is 1. The smallest absolute Gasteiger partial charge is 0.240 e. The molecule has 1 saturated carbocycles. The van der Waals surface area contributed by atoms with E-state index in [-0.39, 0.29) is 18.3 Å². The Hall–Kier alpha value is -2.21. The molecule has 1 heterocycles. The Morgan fingerprint density at radius 3 is 2.73 bits per heavy atom. The van der Waals surface area contributed by atoms with Crippen LogP contribution in [0.2, 0.25) is 0 Å². The van der Waals surface area contributed by atoms with Crippen molar-refractivity contribution >= 4 is 11.8 Å². The molecule has 6 heteroatoms. The van der Waals surface area contributed by atoms with Crippen LogP contribution in [0.1, 0.15) is 24.1 Å². The molecule has 0 bridgehead atoms. The molecule has 0 spiro atoms. The minimum Gasteiger partial charge on any atom is -0.338 e. The van der Waals surface area contributed by atoms with Crippen molar-refractivity contribution in [2.75, 3.05) is 11.9 Å². The molecule has 0 aliphatic heterocycles. The molecular formula is C16H18FN3O2. The molecule has 0 saturated heterocycles. The summed E-state index contributed by atoms with van der Waals surface area (Å²) in [5.41, 5.74) is 1.72. The first-order valence-electron chi connectivity index (χ1n) is 7.32. The van der Waals surface area contributed by atoms with E-state index in [1.54, 1.807) is 25.1 Å². The van der Waals surface area contributed by atoms with E-state index in [9.17, 15) is 9.18 Å². The van der Waals surface area contributed by atoms with Gasteiger partial charge in [0, 0.05) is 18.7 Å². The van der Waals surface area contributed by atoms with Crippen LogP contribution in [0, 0.1) is 12.7 Å². The zero-order valence-electron chi connectivity index (χ0n) is 12.4. The van der Waals surface area contributed by atoms with Crippen molar-refractivity contribution in [2.24, 2.45) is 0 Å². The van der Waals surface area contributed by atoms with Crippen molar-refractivity contribution in [3.05, 3.63) is 47.4 Å². The number of halogens is 1. The second kappa shape index (κ2) is 6.27. The number of aromatic nitrogens is 1. The van der Waals surface area contributed by atoms with E-state index in [4.69, 9.17) is 4.52 Å². The number of aryl methyl sites for hydroxylation is 1. The van der Waals surface area contributed by atoms with Crippen molar-refractivity contribution in [1.29, 1.82) is 0 Å². The van der Waals surface area contributed by atoms with Gasteiger partial charge in [-0.3, -0.25) is 15.0 Å². The lowest BCUT2D eigenvalue weighted by atomic mass is 10.2. The largest absolute Gasteiger partial charge is 0.338 e. The molecule has 1 aromatic carbocycles. The second-order valence-electron chi connectivity index (χ2n) is 5.64. The van der Waals surface area contributed by atoms with Gasteiger partial charge in [-0.25, -0.2) is 4.39 Å². The SMILES string of the molecule is Cc1cc(NC(=O)CN(Cc2ccc(F)cc2)C2CC2)on1. The fourth-order valence-electron chi connectivity index (χ4n) is 2.36. The maximum atomic E-state index is 13.0. The summed E-state index contributed by atoms with van der Waals surface area (Å²) in [4.78, 5) is 14.2. The van der Waals surface area contributed by atoms with Crippen LogP contribution < -0.4 is 5.32 Å². The normalized spacial score (nSPS) is 14.3. The van der Waals surface area contributed by atoms with Gasteiger partial charge in [-0.05, 0) is 37.5 Å². The summed E-state index contributed by atoms with van der Waals surface area (Å²) in [6, 6.07) is 8.49. The minimum atomic E-state index is -0.250. The molecule has 1 amide bonds. The van der Waals surface area contributed by atoms with E-state index in [1.807, 2.05) is 0 Å². The van der Waals surface area contributed by atoms with Crippen molar-refractivity contribution in [3.63, 3.8) is 0 Å². The highest BCUT2D eigenvalue weighted by molar-refractivity contribution is 5.91. The number of carbonyl (C=O) groups excluding carboxylic acids is 1. The van der Waals surface area contributed by atoms with Crippen LogP contribution in [0.5, 0.6) is 0 Å². The third-order valence-electron chi connectivity index (χ3n) is 3.60. The predicted octanol–water partition coefficient (Wildman–Crippen LogP) is 2.73. The van der Waals surface area contributed by atoms with E-state index in [1.165, 1.54) is 12.1 Å². The Balaban J connectivity index is 1.59. The topological polar surface area (TPSA) is 58.4 Å². The van der Waals surface area contributed by atoms with Gasteiger partial charge in [0.05, 0.1) is 12.2 Å². The maximum Gasteiger partial charge on any atom is 0.240 e. The molecule has 1 fully saturated rings. The molecule has 2 aromatic rings. The van der Waals surface area contributed by atoms with Crippen molar-refractivity contribution < 1.29 is 13.7 Å². The number of anilines is 1. The van der Waals surface area contributed by atoms with Gasteiger partial charge in [-0.1, -0.05) is 17.3 Å². The molecule has 1 aliphatic carbocycles. The Bertz CT molecular complexity index is 650. The van der Waals surface area contributed by atoms with Crippen LogP contribution in [-0.2, 0) is 11.3 Å². The van der Waals surface area contributed by atoms with E-state index in [2.05, 4.69) is 15.4 Å². The van der Waals surface area contributed by atoms with Crippen LogP contribution in [0.15, 0.2) is 34.9 Å². The third-order valence-corrected chi connectivity index (χ3v) is 3.60. The fourth-order valence-corrected chi connectivity index (χ4v) is 2.36. The lowest BCUT2D eigenvalue weighted by molar-refractivity contribution is -0.117. The van der Waals surface area contributed by atoms with Gasteiger partial charge in [-0.2, -0.15) is 0 Å². The number of carbonyl (C=O) groups is 1. The van der Waals surface area contributed by atoms with Crippen molar-refractivity contribution in [3.8, 4) is 0 Å². The minimum absolute atomic E-state index is 0.134. The summed E-state index contributed by atoms with van der Waals surface area (Å²) in [7, 11) is 0. The first kappa shape index (κ1) is 14.7. The standard InChI is InChI=1S/C16H18FN3O2/c1-11-8-16(22-19-11)18-15(21)10-20(14-6-7-14)9-12-2-4-13(17)5-3-12/h2-5,8,14H,6-7,9-10H2,1H3,(H,18,21). The number of rotatable bonds is 6. The number of hydrogen-bond donors (Lipinski definition) is 1. The molecule has 1 aliphatic rings. The molecule has 0 radical (unpaired) electrons. The van der Waals surface area contributed by atoms with Gasteiger partial charge >= 0.3 is 0 Å². The summed E-state index contributed by atoms with van der Waals surface area (Å²) in [6.07, 6.45) is 2.19. The van der Waals surface area contributed by atoms with Gasteiger partial charge in [-0.15, -0.1) is 0 Å². The second-order valence-corrected chi connectivity index (χ2v) is 5.64. The van der Waals surface area contributed by atoms with Gasteiger partial charge in [0.2, 0.25) is 11.8 Å². The Labute approximate surface area is 128 Å². The monoisotopic (exact) mass is 303 g/mol. The quantitative estimate of drug-likeness (QED) is 0.891. The van der Waals surface area contributed by atoms with Crippen LogP contribution in [0.4, 0.5) is 10.3 Å². The first-order valence-corrected chi connectivity index (χ1v) is 7.32. The summed E-state index contributed by atoms with van der Waals surface area (Å²) >= 11 is 0. The zero-order chi connectivity index (χ0) is 15.5. The number of nitrogens with one attached hydrogen (secondary N) is 1. The highest BCUT2D eigenvalue weighted by Gasteiger charge is 2.30. The third kappa shape index (κ3) is 3.92. The van der Waals surface area contributed by atoms with E-state index >= 15 is 0 Å². The summed E-state index contributed by atoms with van der Waals surface area (Å²) in [5.74, 6) is -0.0228. The highest BCUT2D eigenvalue weighted by atomic mass is 19.1. The van der Waals surface area contributed by atoms with Gasteiger partial charge < -0.3 is 4.52 Å². The first-order chi connectivity index (χ1) is 10.6. The van der Waals surface area contributed by atoms with Crippen LogP contribution in [-0.4, -0.2) is 28.6 Å². The molecular weight excluding hydrogens is 285 g/mol. The number of nitrogens with zero attached hydrogens (tertiary/aromatic N) is 2. The van der Waals surface area contributed by atoms with E-state index < -0.39 is 0 Å². The van der Waals surface area contributed by atoms with E-state index in [0.29, 0.717) is 18.5 Å². The van der Waals surface area contributed by atoms with Gasteiger partial charge in [0.25, 0.3) is 0 Å². The Kier molecular flexibility index (Phi) is 4.20.